The van der Waals surface area contributed by atoms with Crippen molar-refractivity contribution in [2.45, 2.75) is 44.1 Å². The first-order valence-corrected chi connectivity index (χ1v) is 12.1. The van der Waals surface area contributed by atoms with Crippen LogP contribution in [-0.2, 0) is 4.79 Å². The standard InChI is InChI=1S/C27H33FN2O3/c28-21-7-4-8-22(15-21)33-19-26(17-29-24-16-23(24)20-5-2-1-3-6-20)11-13-30(14-12-26)18-27(9-10-27)25(31)32/h1-8,15,23-24,29H,9-14,16-19H2,(H,31,32)/t23?,24-/m1/s1. The van der Waals surface area contributed by atoms with Gasteiger partial charge < -0.3 is 20.1 Å². The van der Waals surface area contributed by atoms with Crippen molar-refractivity contribution in [2.24, 2.45) is 10.8 Å². The third kappa shape index (κ3) is 5.22. The minimum Gasteiger partial charge on any atom is -0.493 e. The number of carboxylic acid groups (broad SMARTS) is 1. The van der Waals surface area contributed by atoms with Crippen molar-refractivity contribution in [3.8, 4) is 5.75 Å². The summed E-state index contributed by atoms with van der Waals surface area (Å²) in [6, 6.07) is 17.5. The van der Waals surface area contributed by atoms with Crippen LogP contribution >= 0.6 is 0 Å². The summed E-state index contributed by atoms with van der Waals surface area (Å²) < 4.78 is 19.7. The van der Waals surface area contributed by atoms with E-state index in [0.717, 1.165) is 51.7 Å². The van der Waals surface area contributed by atoms with E-state index in [1.807, 2.05) is 0 Å². The molecule has 33 heavy (non-hydrogen) atoms. The number of halogens is 1. The highest BCUT2D eigenvalue weighted by Crippen LogP contribution is 2.47. The average molecular weight is 453 g/mol. The molecule has 0 spiro atoms. The van der Waals surface area contributed by atoms with Crippen LogP contribution in [0.5, 0.6) is 5.75 Å². The van der Waals surface area contributed by atoms with E-state index in [2.05, 4.69) is 40.5 Å². The Balaban J connectivity index is 1.21. The van der Waals surface area contributed by atoms with Gasteiger partial charge in [-0.1, -0.05) is 36.4 Å². The second kappa shape index (κ2) is 9.07. The minimum atomic E-state index is -0.656. The van der Waals surface area contributed by atoms with Crippen molar-refractivity contribution >= 4 is 5.97 Å². The highest BCUT2D eigenvalue weighted by molar-refractivity contribution is 5.78. The number of nitrogens with one attached hydrogen (secondary N) is 1. The number of carboxylic acids is 1. The fraction of sp³-hybridized carbons (Fsp3) is 0.519. The lowest BCUT2D eigenvalue weighted by Crippen LogP contribution is -2.50. The SMILES string of the molecule is O=C(O)C1(CN2CCC(CN[C@@H]3CC3c3ccccc3)(COc3cccc(F)c3)CC2)CC1. The molecule has 0 amide bonds. The van der Waals surface area contributed by atoms with Gasteiger partial charge in [-0.3, -0.25) is 4.79 Å². The summed E-state index contributed by atoms with van der Waals surface area (Å²) in [6.45, 7) is 3.78. The van der Waals surface area contributed by atoms with Crippen LogP contribution in [0.1, 0.15) is 43.6 Å². The zero-order chi connectivity index (χ0) is 22.9. The molecule has 5 nitrogen and oxygen atoms in total. The highest BCUT2D eigenvalue weighted by Gasteiger charge is 2.52. The van der Waals surface area contributed by atoms with Crippen molar-refractivity contribution in [1.29, 1.82) is 0 Å². The van der Waals surface area contributed by atoms with Gasteiger partial charge in [-0.25, -0.2) is 4.39 Å². The third-order valence-corrected chi connectivity index (χ3v) is 7.85. The summed E-state index contributed by atoms with van der Waals surface area (Å²) in [5, 5.41) is 13.3. The summed E-state index contributed by atoms with van der Waals surface area (Å²) in [7, 11) is 0. The Morgan fingerprint density at radius 3 is 2.52 bits per heavy atom. The van der Waals surface area contributed by atoms with E-state index in [1.54, 1.807) is 12.1 Å². The number of nitrogens with zero attached hydrogens (tertiary/aromatic N) is 1. The molecular formula is C27H33FN2O3. The van der Waals surface area contributed by atoms with E-state index in [-0.39, 0.29) is 11.2 Å². The van der Waals surface area contributed by atoms with Gasteiger partial charge in [0, 0.05) is 36.5 Å². The summed E-state index contributed by atoms with van der Waals surface area (Å²) in [5.74, 6) is 0.184. The lowest BCUT2D eigenvalue weighted by molar-refractivity contribution is -0.144. The quantitative estimate of drug-likeness (QED) is 0.563. The average Bonchev–Trinajstić information content (AvgIpc) is 3.75. The topological polar surface area (TPSA) is 61.8 Å². The lowest BCUT2D eigenvalue weighted by atomic mass is 9.78. The normalized spacial score (nSPS) is 25.4. The van der Waals surface area contributed by atoms with Crippen molar-refractivity contribution in [2.75, 3.05) is 32.8 Å². The molecule has 2 aliphatic carbocycles. The molecule has 2 aromatic rings. The molecule has 2 N–H and O–H groups in total. The van der Waals surface area contributed by atoms with Crippen LogP contribution in [0.4, 0.5) is 4.39 Å². The second-order valence-corrected chi connectivity index (χ2v) is 10.3. The van der Waals surface area contributed by atoms with Gasteiger partial charge in [0.15, 0.2) is 0 Å². The van der Waals surface area contributed by atoms with Crippen LogP contribution in [0.2, 0.25) is 0 Å². The van der Waals surface area contributed by atoms with Crippen molar-refractivity contribution < 1.29 is 19.0 Å². The smallest absolute Gasteiger partial charge is 0.310 e. The van der Waals surface area contributed by atoms with Crippen molar-refractivity contribution in [1.82, 2.24) is 10.2 Å². The molecule has 3 aliphatic rings. The van der Waals surface area contributed by atoms with Crippen LogP contribution in [-0.4, -0.2) is 54.8 Å². The summed E-state index contributed by atoms with van der Waals surface area (Å²) in [5.41, 5.74) is 0.818. The first-order chi connectivity index (χ1) is 16.0. The zero-order valence-electron chi connectivity index (χ0n) is 19.0. The number of likely N-dealkylation sites (tertiary alicyclic amines) is 1. The number of ether oxygens (including phenoxy) is 1. The Kier molecular flexibility index (Phi) is 6.14. The molecule has 0 bridgehead atoms. The van der Waals surface area contributed by atoms with E-state index in [9.17, 15) is 14.3 Å². The Hall–Kier alpha value is -2.44. The first-order valence-electron chi connectivity index (χ1n) is 12.1. The Morgan fingerprint density at radius 1 is 1.09 bits per heavy atom. The van der Waals surface area contributed by atoms with Gasteiger partial charge in [-0.2, -0.15) is 0 Å². The Labute approximate surface area is 194 Å². The van der Waals surface area contributed by atoms with E-state index in [4.69, 9.17) is 4.74 Å². The number of carbonyl (C=O) groups is 1. The molecule has 2 atom stereocenters. The van der Waals surface area contributed by atoms with Gasteiger partial charge in [0.1, 0.15) is 11.6 Å². The molecular weight excluding hydrogens is 419 g/mol. The van der Waals surface area contributed by atoms with Gasteiger partial charge in [0.25, 0.3) is 0 Å². The molecule has 5 rings (SSSR count). The fourth-order valence-electron chi connectivity index (χ4n) is 5.21. The van der Waals surface area contributed by atoms with Crippen molar-refractivity contribution in [3.05, 3.63) is 66.0 Å². The molecule has 0 radical (unpaired) electrons. The van der Waals surface area contributed by atoms with E-state index < -0.39 is 11.4 Å². The van der Waals surface area contributed by atoms with Gasteiger partial charge in [-0.15, -0.1) is 0 Å². The van der Waals surface area contributed by atoms with E-state index >= 15 is 0 Å². The maximum absolute atomic E-state index is 13.6. The number of piperidine rings is 1. The van der Waals surface area contributed by atoms with Crippen LogP contribution in [0, 0.1) is 16.6 Å². The lowest BCUT2D eigenvalue weighted by Gasteiger charge is -2.42. The number of benzene rings is 2. The number of hydrogen-bond donors (Lipinski definition) is 2. The van der Waals surface area contributed by atoms with Crippen molar-refractivity contribution in [3.63, 3.8) is 0 Å². The summed E-state index contributed by atoms with van der Waals surface area (Å²) in [4.78, 5) is 13.9. The van der Waals surface area contributed by atoms with E-state index in [0.29, 0.717) is 30.9 Å². The zero-order valence-corrected chi connectivity index (χ0v) is 19.0. The molecule has 2 saturated carbocycles. The Morgan fingerprint density at radius 2 is 1.85 bits per heavy atom. The van der Waals surface area contributed by atoms with Crippen LogP contribution in [0.15, 0.2) is 54.6 Å². The minimum absolute atomic E-state index is 0.0490. The maximum Gasteiger partial charge on any atom is 0.310 e. The molecule has 176 valence electrons. The van der Waals surface area contributed by atoms with Gasteiger partial charge in [-0.05, 0) is 62.9 Å². The summed E-state index contributed by atoms with van der Waals surface area (Å²) in [6.07, 6.45) is 4.60. The molecule has 1 unspecified atom stereocenters. The fourth-order valence-corrected chi connectivity index (χ4v) is 5.21. The monoisotopic (exact) mass is 452 g/mol. The van der Waals surface area contributed by atoms with E-state index in [1.165, 1.54) is 17.7 Å². The molecule has 1 aliphatic heterocycles. The van der Waals surface area contributed by atoms with Gasteiger partial charge >= 0.3 is 5.97 Å². The van der Waals surface area contributed by atoms with Crippen LogP contribution < -0.4 is 10.1 Å². The number of aliphatic carboxylic acids is 1. The molecule has 2 aromatic carbocycles. The Bertz CT molecular complexity index is 970. The third-order valence-electron chi connectivity index (χ3n) is 7.85. The predicted octanol–water partition coefficient (Wildman–Crippen LogP) is 4.30. The maximum atomic E-state index is 13.6. The van der Waals surface area contributed by atoms with Crippen LogP contribution in [0.3, 0.4) is 0 Å². The number of rotatable bonds is 10. The first kappa shape index (κ1) is 22.4. The molecule has 6 heteroatoms. The molecule has 1 saturated heterocycles. The predicted molar refractivity (Wildman–Crippen MR) is 125 cm³/mol. The molecule has 0 aromatic heterocycles. The number of hydrogen-bond acceptors (Lipinski definition) is 4. The molecule has 1 heterocycles. The summed E-state index contributed by atoms with van der Waals surface area (Å²) >= 11 is 0. The molecule has 3 fully saturated rings. The van der Waals surface area contributed by atoms with Gasteiger partial charge in [0.2, 0.25) is 0 Å². The second-order valence-electron chi connectivity index (χ2n) is 10.3. The largest absolute Gasteiger partial charge is 0.493 e. The van der Waals surface area contributed by atoms with Gasteiger partial charge in [0.05, 0.1) is 12.0 Å². The highest BCUT2D eigenvalue weighted by atomic mass is 19.1. The van der Waals surface area contributed by atoms with Crippen LogP contribution in [0.25, 0.3) is 0 Å².